The van der Waals surface area contributed by atoms with E-state index in [1.807, 2.05) is 18.9 Å². The van der Waals surface area contributed by atoms with Crippen LogP contribution in [0.2, 0.25) is 0 Å². The molecule has 3 rings (SSSR count). The Balaban J connectivity index is 2.17. The van der Waals surface area contributed by atoms with Gasteiger partial charge in [-0.2, -0.15) is 9.97 Å². The van der Waals surface area contributed by atoms with Gasteiger partial charge in [-0.1, -0.05) is 6.58 Å². The maximum absolute atomic E-state index is 14.9. The molecule has 0 radical (unpaired) electrons. The molecule has 9 heteroatoms. The molecule has 1 aliphatic rings. The molecule has 0 aromatic carbocycles. The van der Waals surface area contributed by atoms with Crippen molar-refractivity contribution in [3.63, 3.8) is 0 Å². The van der Waals surface area contributed by atoms with E-state index in [1.54, 1.807) is 0 Å². The molecular weight excluding hydrogens is 303 g/mol. The molecule has 2 aromatic rings. The van der Waals surface area contributed by atoms with E-state index in [0.717, 1.165) is 0 Å². The summed E-state index contributed by atoms with van der Waals surface area (Å²) >= 11 is 0. The Kier molecular flexibility index (Phi) is 3.40. The molecule has 2 aromatic heterocycles. The Labute approximate surface area is 132 Å². The van der Waals surface area contributed by atoms with Gasteiger partial charge in [0.15, 0.2) is 22.7 Å². The smallest absolute Gasteiger partial charge is 0.224 e. The molecule has 3 heterocycles. The zero-order valence-corrected chi connectivity index (χ0v) is 13.2. The lowest BCUT2D eigenvalue weighted by Gasteiger charge is -2.23. The fraction of sp³-hybridized carbons (Fsp3) is 0.500. The molecule has 0 spiro atoms. The Hall–Kier alpha value is -2.42. The first-order valence-electron chi connectivity index (χ1n) is 7.21. The largest absolute Gasteiger partial charge is 0.469 e. The van der Waals surface area contributed by atoms with Crippen molar-refractivity contribution in [3.8, 4) is 0 Å². The van der Waals surface area contributed by atoms with Crippen LogP contribution < -0.4 is 10.6 Å². The van der Waals surface area contributed by atoms with Gasteiger partial charge in [0.1, 0.15) is 18.2 Å². The van der Waals surface area contributed by atoms with E-state index < -0.39 is 18.0 Å². The van der Waals surface area contributed by atoms with Crippen LogP contribution in [0.25, 0.3) is 11.2 Å². The average molecular weight is 322 g/mol. The van der Waals surface area contributed by atoms with E-state index in [4.69, 9.17) is 10.5 Å². The van der Waals surface area contributed by atoms with Crippen LogP contribution >= 0.6 is 0 Å². The topological polar surface area (TPSA) is 102 Å². The second-order valence-electron chi connectivity index (χ2n) is 5.73. The van der Waals surface area contributed by atoms with Crippen molar-refractivity contribution in [2.24, 2.45) is 0 Å². The number of anilines is 2. The van der Waals surface area contributed by atoms with E-state index >= 15 is 0 Å². The van der Waals surface area contributed by atoms with Crippen molar-refractivity contribution >= 4 is 22.9 Å². The number of rotatable bonds is 3. The molecule has 0 aliphatic carbocycles. The minimum Gasteiger partial charge on any atom is -0.469 e. The highest BCUT2D eigenvalue weighted by atomic mass is 19.1. The summed E-state index contributed by atoms with van der Waals surface area (Å²) in [5.74, 6) is 0.564. The molecule has 3 atom stereocenters. The van der Waals surface area contributed by atoms with Gasteiger partial charge in [-0.15, -0.1) is 0 Å². The maximum Gasteiger partial charge on any atom is 0.224 e. The van der Waals surface area contributed by atoms with Gasteiger partial charge in [-0.3, -0.25) is 4.57 Å². The number of alkyl halides is 1. The second kappa shape index (κ2) is 5.05. The van der Waals surface area contributed by atoms with Crippen LogP contribution in [0.3, 0.4) is 0 Å². The number of imidazole rings is 1. The van der Waals surface area contributed by atoms with Crippen LogP contribution in [-0.4, -0.2) is 50.0 Å². The van der Waals surface area contributed by atoms with Gasteiger partial charge in [-0.05, 0) is 13.8 Å². The highest BCUT2D eigenvalue weighted by Gasteiger charge is 2.53. The van der Waals surface area contributed by atoms with Gasteiger partial charge in [0, 0.05) is 13.6 Å². The Morgan fingerprint density at radius 1 is 1.57 bits per heavy atom. The van der Waals surface area contributed by atoms with Gasteiger partial charge >= 0.3 is 0 Å². The average Bonchev–Trinajstić information content (AvgIpc) is 3.00. The fourth-order valence-corrected chi connectivity index (χ4v) is 2.61. The van der Waals surface area contributed by atoms with Gasteiger partial charge in [-0.25, -0.2) is 9.37 Å². The number of ether oxygens (including phenoxy) is 1. The summed E-state index contributed by atoms with van der Waals surface area (Å²) in [6, 6.07) is 0. The number of hydrogen-bond acceptors (Lipinski definition) is 7. The predicted molar refractivity (Wildman–Crippen MR) is 83.5 cm³/mol. The normalized spacial score (nSPS) is 27.4. The summed E-state index contributed by atoms with van der Waals surface area (Å²) in [5, 5.41) is 9.90. The molecule has 0 unspecified atom stereocenters. The molecule has 0 amide bonds. The number of aliphatic hydroxyl groups excluding tert-OH is 1. The molecular formula is C14H19FN6O2. The van der Waals surface area contributed by atoms with Gasteiger partial charge in [0.25, 0.3) is 0 Å². The van der Waals surface area contributed by atoms with Crippen molar-refractivity contribution in [3.05, 3.63) is 18.7 Å². The molecule has 0 saturated carbocycles. The summed E-state index contributed by atoms with van der Waals surface area (Å²) in [6.45, 7) is 7.43. The van der Waals surface area contributed by atoms with Crippen LogP contribution in [0.5, 0.6) is 0 Å². The van der Waals surface area contributed by atoms with Crippen LogP contribution in [0.15, 0.2) is 18.7 Å². The first-order chi connectivity index (χ1) is 10.8. The van der Waals surface area contributed by atoms with Crippen molar-refractivity contribution in [2.45, 2.75) is 31.8 Å². The number of nitrogens with zero attached hydrogens (tertiary/aromatic N) is 5. The summed E-state index contributed by atoms with van der Waals surface area (Å²) < 4.78 is 21.7. The zero-order valence-electron chi connectivity index (χ0n) is 13.2. The molecule has 1 fully saturated rings. The van der Waals surface area contributed by atoms with Crippen molar-refractivity contribution in [1.29, 1.82) is 0 Å². The van der Waals surface area contributed by atoms with E-state index in [1.165, 1.54) is 17.8 Å². The quantitative estimate of drug-likeness (QED) is 0.869. The molecule has 1 saturated heterocycles. The van der Waals surface area contributed by atoms with Gasteiger partial charge in [0.05, 0.1) is 0 Å². The highest BCUT2D eigenvalue weighted by molar-refractivity contribution is 5.84. The predicted octanol–water partition coefficient (Wildman–Crippen LogP) is 0.996. The van der Waals surface area contributed by atoms with Crippen LogP contribution in [0, 0.1) is 0 Å². The first-order valence-corrected chi connectivity index (χ1v) is 7.21. The number of halogens is 1. The minimum absolute atomic E-state index is 0.0326. The van der Waals surface area contributed by atoms with Crippen LogP contribution in [0.1, 0.15) is 20.1 Å². The lowest BCUT2D eigenvalue weighted by atomic mass is 10.0. The SMILES string of the molecule is C=C1O[C@@H](n2cnc3c(N(C)CC)nc(N)nc32)[C@](C)(F)[C@@H]1O. The Bertz CT molecular complexity index is 774. The van der Waals surface area contributed by atoms with Crippen LogP contribution in [0.4, 0.5) is 16.2 Å². The monoisotopic (exact) mass is 322 g/mol. The third kappa shape index (κ3) is 2.19. The number of aromatic nitrogens is 4. The Morgan fingerprint density at radius 3 is 2.83 bits per heavy atom. The highest BCUT2D eigenvalue weighted by Crippen LogP contribution is 2.43. The van der Waals surface area contributed by atoms with Crippen LogP contribution in [-0.2, 0) is 4.74 Å². The molecule has 124 valence electrons. The van der Waals surface area contributed by atoms with E-state index in [-0.39, 0.29) is 11.7 Å². The molecule has 1 aliphatic heterocycles. The Morgan fingerprint density at radius 2 is 2.26 bits per heavy atom. The third-order valence-corrected chi connectivity index (χ3v) is 4.09. The lowest BCUT2D eigenvalue weighted by Crippen LogP contribution is -2.36. The van der Waals surface area contributed by atoms with Gasteiger partial charge < -0.3 is 20.5 Å². The molecule has 3 N–H and O–H groups in total. The van der Waals surface area contributed by atoms with E-state index in [0.29, 0.717) is 23.5 Å². The number of aliphatic hydroxyl groups is 1. The first kappa shape index (κ1) is 15.5. The maximum atomic E-state index is 14.9. The summed E-state index contributed by atoms with van der Waals surface area (Å²) in [5.41, 5.74) is 4.52. The number of hydrogen-bond donors (Lipinski definition) is 2. The summed E-state index contributed by atoms with van der Waals surface area (Å²) in [6.07, 6.45) is -1.16. The second-order valence-corrected chi connectivity index (χ2v) is 5.73. The summed E-state index contributed by atoms with van der Waals surface area (Å²) in [7, 11) is 1.84. The third-order valence-electron chi connectivity index (χ3n) is 4.09. The zero-order chi connectivity index (χ0) is 16.9. The van der Waals surface area contributed by atoms with E-state index in [2.05, 4.69) is 21.5 Å². The number of fused-ring (bicyclic) bond motifs is 1. The van der Waals surface area contributed by atoms with Gasteiger partial charge in [0.2, 0.25) is 12.2 Å². The number of nitrogen functional groups attached to an aromatic ring is 1. The van der Waals surface area contributed by atoms with Crippen molar-refractivity contribution in [2.75, 3.05) is 24.2 Å². The van der Waals surface area contributed by atoms with Crippen molar-refractivity contribution in [1.82, 2.24) is 19.5 Å². The summed E-state index contributed by atoms with van der Waals surface area (Å²) in [4.78, 5) is 14.5. The fourth-order valence-electron chi connectivity index (χ4n) is 2.61. The minimum atomic E-state index is -2.07. The molecule has 0 bridgehead atoms. The van der Waals surface area contributed by atoms with E-state index in [9.17, 15) is 9.50 Å². The molecule has 23 heavy (non-hydrogen) atoms. The molecule has 8 nitrogen and oxygen atoms in total. The number of nitrogens with two attached hydrogens (primary N) is 1. The standard InChI is InChI=1S/C14H19FN6O2/c1-5-20(4)10-8-11(19-13(16)18-10)21(6-17-8)12-14(3,15)9(22)7(2)23-12/h6,9,12,22H,2,5H2,1,3-4H3,(H2,16,18,19)/t9-,12-,14-/m1/s1. The van der Waals surface area contributed by atoms with Crippen molar-refractivity contribution < 1.29 is 14.2 Å². The lowest BCUT2D eigenvalue weighted by molar-refractivity contribution is -0.0308.